The van der Waals surface area contributed by atoms with E-state index < -0.39 is 0 Å². The molecule has 4 heteroatoms. The zero-order chi connectivity index (χ0) is 13.1. The van der Waals surface area contributed by atoms with Crippen molar-refractivity contribution in [2.75, 3.05) is 23.9 Å². The maximum absolute atomic E-state index is 11.9. The lowest BCUT2D eigenvalue weighted by atomic mass is 10.00. The van der Waals surface area contributed by atoms with Crippen molar-refractivity contribution in [3.63, 3.8) is 0 Å². The zero-order valence-corrected chi connectivity index (χ0v) is 11.5. The third-order valence-electron chi connectivity index (χ3n) is 3.09. The first-order chi connectivity index (χ1) is 8.65. The summed E-state index contributed by atoms with van der Waals surface area (Å²) in [5, 5.41) is 0. The lowest BCUT2D eigenvalue weighted by Gasteiger charge is -2.31. The van der Waals surface area contributed by atoms with Crippen LogP contribution >= 0.6 is 11.6 Å². The Bertz CT molecular complexity index is 445. The first-order valence-corrected chi connectivity index (χ1v) is 6.80. The summed E-state index contributed by atoms with van der Waals surface area (Å²) in [5.41, 5.74) is 2.03. The van der Waals surface area contributed by atoms with Gasteiger partial charge in [-0.25, -0.2) is 0 Å². The number of halogens is 1. The molecule has 0 unspecified atom stereocenters. The van der Waals surface area contributed by atoms with Crippen molar-refractivity contribution in [1.29, 1.82) is 0 Å². The molecule has 0 aromatic heterocycles. The molecular formula is C14H18ClNO2. The quantitative estimate of drug-likeness (QED) is 0.785. The highest BCUT2D eigenvalue weighted by atomic mass is 35.5. The molecule has 0 radical (unpaired) electrons. The van der Waals surface area contributed by atoms with Crippen LogP contribution in [-0.2, 0) is 4.79 Å². The highest BCUT2D eigenvalue weighted by molar-refractivity contribution is 6.17. The summed E-state index contributed by atoms with van der Waals surface area (Å²) >= 11 is 5.71. The number of carbonyl (C=O) groups excluding carboxylic acids is 1. The van der Waals surface area contributed by atoms with E-state index >= 15 is 0 Å². The van der Waals surface area contributed by atoms with Crippen LogP contribution in [0.15, 0.2) is 18.2 Å². The van der Waals surface area contributed by atoms with Gasteiger partial charge >= 0.3 is 0 Å². The maximum atomic E-state index is 11.9. The molecule has 0 fully saturated rings. The van der Waals surface area contributed by atoms with Gasteiger partial charge in [-0.3, -0.25) is 4.79 Å². The van der Waals surface area contributed by atoms with Crippen LogP contribution in [0.1, 0.15) is 31.7 Å². The van der Waals surface area contributed by atoms with E-state index in [9.17, 15) is 4.79 Å². The van der Waals surface area contributed by atoms with Gasteiger partial charge in [0.25, 0.3) is 5.91 Å². The molecule has 0 saturated carbocycles. The third kappa shape index (κ3) is 2.46. The number of nitrogens with zero attached hydrogens (tertiary/aromatic N) is 1. The highest BCUT2D eigenvalue weighted by Crippen LogP contribution is 2.38. The summed E-state index contributed by atoms with van der Waals surface area (Å²) in [6.07, 6.45) is 0.790. The van der Waals surface area contributed by atoms with Gasteiger partial charge in [-0.05, 0) is 24.0 Å². The summed E-state index contributed by atoms with van der Waals surface area (Å²) in [6, 6.07) is 5.97. The number of carbonyl (C=O) groups is 1. The average molecular weight is 268 g/mol. The molecule has 0 spiro atoms. The first kappa shape index (κ1) is 13.2. The number of hydrogen-bond donors (Lipinski definition) is 0. The molecule has 1 aromatic rings. The molecule has 1 heterocycles. The highest BCUT2D eigenvalue weighted by Gasteiger charge is 2.27. The van der Waals surface area contributed by atoms with Gasteiger partial charge in [-0.2, -0.15) is 0 Å². The van der Waals surface area contributed by atoms with Gasteiger partial charge in [0, 0.05) is 12.4 Å². The predicted octanol–water partition coefficient (Wildman–Crippen LogP) is 3.16. The van der Waals surface area contributed by atoms with Gasteiger partial charge in [0.1, 0.15) is 5.75 Å². The molecular weight excluding hydrogens is 250 g/mol. The standard InChI is InChI=1S/C14H18ClNO2/c1-10(2)11-5-3-6-12-14(11)18-9-13(17)16(12)8-4-7-15/h3,5-6,10H,4,7-9H2,1-2H3. The van der Waals surface area contributed by atoms with Crippen LogP contribution < -0.4 is 9.64 Å². The fourth-order valence-electron chi connectivity index (χ4n) is 2.18. The second-order valence-electron chi connectivity index (χ2n) is 4.73. The lowest BCUT2D eigenvalue weighted by molar-refractivity contribution is -0.121. The summed E-state index contributed by atoms with van der Waals surface area (Å²) in [6.45, 7) is 5.02. The minimum absolute atomic E-state index is 0.00789. The molecule has 0 saturated heterocycles. The van der Waals surface area contributed by atoms with Crippen LogP contribution in [0.2, 0.25) is 0 Å². The van der Waals surface area contributed by atoms with Crippen molar-refractivity contribution >= 4 is 23.2 Å². The predicted molar refractivity (Wildman–Crippen MR) is 73.7 cm³/mol. The molecule has 1 aliphatic rings. The number of hydrogen-bond acceptors (Lipinski definition) is 2. The van der Waals surface area contributed by atoms with Crippen LogP contribution in [0, 0.1) is 0 Å². The largest absolute Gasteiger partial charge is 0.481 e. The topological polar surface area (TPSA) is 29.5 Å². The van der Waals surface area contributed by atoms with Gasteiger partial charge in [0.05, 0.1) is 5.69 Å². The molecule has 0 bridgehead atoms. The monoisotopic (exact) mass is 267 g/mol. The SMILES string of the molecule is CC(C)c1cccc2c1OCC(=O)N2CCCCl. The fourth-order valence-corrected chi connectivity index (χ4v) is 2.30. The van der Waals surface area contributed by atoms with E-state index in [1.54, 1.807) is 4.90 Å². The van der Waals surface area contributed by atoms with E-state index in [2.05, 4.69) is 19.9 Å². The zero-order valence-electron chi connectivity index (χ0n) is 10.8. The maximum Gasteiger partial charge on any atom is 0.265 e. The second-order valence-corrected chi connectivity index (χ2v) is 5.10. The molecule has 0 atom stereocenters. The van der Waals surface area contributed by atoms with E-state index in [1.165, 1.54) is 0 Å². The van der Waals surface area contributed by atoms with Gasteiger partial charge in [0.2, 0.25) is 0 Å². The molecule has 18 heavy (non-hydrogen) atoms. The second kappa shape index (κ2) is 5.61. The Balaban J connectivity index is 2.38. The number of para-hydroxylation sites is 1. The van der Waals surface area contributed by atoms with Gasteiger partial charge in [0.15, 0.2) is 6.61 Å². The fraction of sp³-hybridized carbons (Fsp3) is 0.500. The van der Waals surface area contributed by atoms with Gasteiger partial charge < -0.3 is 9.64 Å². The minimum atomic E-state index is 0.00789. The minimum Gasteiger partial charge on any atom is -0.481 e. The Kier molecular flexibility index (Phi) is 4.12. The lowest BCUT2D eigenvalue weighted by Crippen LogP contribution is -2.39. The number of alkyl halides is 1. The summed E-state index contributed by atoms with van der Waals surface area (Å²) < 4.78 is 5.61. The molecule has 1 aromatic carbocycles. The number of ether oxygens (including phenoxy) is 1. The van der Waals surface area contributed by atoms with E-state index in [4.69, 9.17) is 16.3 Å². The van der Waals surface area contributed by atoms with E-state index in [0.29, 0.717) is 18.3 Å². The number of rotatable bonds is 4. The molecule has 2 rings (SSSR count). The van der Waals surface area contributed by atoms with Crippen LogP contribution in [0.3, 0.4) is 0 Å². The Morgan fingerprint density at radius 2 is 2.22 bits per heavy atom. The number of benzene rings is 1. The van der Waals surface area contributed by atoms with Crippen molar-refractivity contribution in [3.05, 3.63) is 23.8 Å². The molecule has 0 aliphatic carbocycles. The van der Waals surface area contributed by atoms with Crippen LogP contribution in [0.25, 0.3) is 0 Å². The van der Waals surface area contributed by atoms with Crippen molar-refractivity contribution in [3.8, 4) is 5.75 Å². The summed E-state index contributed by atoms with van der Waals surface area (Å²) in [5.74, 6) is 1.79. The third-order valence-corrected chi connectivity index (χ3v) is 3.36. The van der Waals surface area contributed by atoms with Crippen LogP contribution in [0.5, 0.6) is 5.75 Å². The molecule has 3 nitrogen and oxygen atoms in total. The molecule has 98 valence electrons. The number of amides is 1. The van der Waals surface area contributed by atoms with Crippen molar-refractivity contribution in [2.45, 2.75) is 26.2 Å². The smallest absolute Gasteiger partial charge is 0.265 e. The van der Waals surface area contributed by atoms with E-state index in [0.717, 1.165) is 23.4 Å². The van der Waals surface area contributed by atoms with Crippen molar-refractivity contribution < 1.29 is 9.53 Å². The molecule has 0 N–H and O–H groups in total. The van der Waals surface area contributed by atoms with Crippen molar-refractivity contribution in [1.82, 2.24) is 0 Å². The Labute approximate surface area is 113 Å². The Morgan fingerprint density at radius 3 is 2.89 bits per heavy atom. The van der Waals surface area contributed by atoms with Crippen LogP contribution in [0.4, 0.5) is 5.69 Å². The molecule has 1 amide bonds. The van der Waals surface area contributed by atoms with Crippen molar-refractivity contribution in [2.24, 2.45) is 0 Å². The summed E-state index contributed by atoms with van der Waals surface area (Å²) in [4.78, 5) is 13.7. The normalized spacial score (nSPS) is 14.7. The average Bonchev–Trinajstić information content (AvgIpc) is 2.36. The van der Waals surface area contributed by atoms with Gasteiger partial charge in [-0.1, -0.05) is 26.0 Å². The summed E-state index contributed by atoms with van der Waals surface area (Å²) in [7, 11) is 0. The van der Waals surface area contributed by atoms with Crippen LogP contribution in [-0.4, -0.2) is 24.9 Å². The van der Waals surface area contributed by atoms with Gasteiger partial charge in [-0.15, -0.1) is 11.6 Å². The van der Waals surface area contributed by atoms with E-state index in [1.807, 2.05) is 12.1 Å². The first-order valence-electron chi connectivity index (χ1n) is 6.27. The Hall–Kier alpha value is -1.22. The number of fused-ring (bicyclic) bond motifs is 1. The molecule has 1 aliphatic heterocycles. The number of anilines is 1. The Morgan fingerprint density at radius 1 is 1.44 bits per heavy atom. The van der Waals surface area contributed by atoms with E-state index in [-0.39, 0.29) is 12.5 Å².